The predicted molar refractivity (Wildman–Crippen MR) is 87.6 cm³/mol. The molecule has 0 aromatic heterocycles. The van der Waals surface area contributed by atoms with E-state index in [2.05, 4.69) is 4.90 Å². The Kier molecular flexibility index (Phi) is 4.18. The first-order valence-corrected chi connectivity index (χ1v) is 9.74. The number of hydrogen-bond acceptors (Lipinski definition) is 4. The van der Waals surface area contributed by atoms with Gasteiger partial charge in [0.2, 0.25) is 10.0 Å². The van der Waals surface area contributed by atoms with Crippen molar-refractivity contribution in [2.45, 2.75) is 38.3 Å². The number of anilines is 1. The zero-order chi connectivity index (χ0) is 15.9. The van der Waals surface area contributed by atoms with Crippen molar-refractivity contribution in [1.29, 1.82) is 0 Å². The van der Waals surface area contributed by atoms with Gasteiger partial charge in [-0.05, 0) is 56.5 Å². The fourth-order valence-electron chi connectivity index (χ4n) is 3.65. The summed E-state index contributed by atoms with van der Waals surface area (Å²) in [6, 6.07) is 5.60. The third-order valence-electron chi connectivity index (χ3n) is 4.63. The minimum Gasteiger partial charge on any atom is -0.387 e. The van der Waals surface area contributed by atoms with Crippen LogP contribution in [0.15, 0.2) is 18.2 Å². The second-order valence-electron chi connectivity index (χ2n) is 6.52. The van der Waals surface area contributed by atoms with Crippen molar-refractivity contribution in [3.05, 3.63) is 29.3 Å². The maximum Gasteiger partial charge on any atom is 0.232 e. The Morgan fingerprint density at radius 3 is 2.64 bits per heavy atom. The number of aliphatic hydroxyl groups is 1. The Bertz CT molecular complexity index is 653. The van der Waals surface area contributed by atoms with Gasteiger partial charge in [-0.15, -0.1) is 0 Å². The van der Waals surface area contributed by atoms with Crippen LogP contribution in [0.4, 0.5) is 5.69 Å². The average molecular weight is 324 g/mol. The molecular weight excluding hydrogens is 300 g/mol. The van der Waals surface area contributed by atoms with Gasteiger partial charge >= 0.3 is 0 Å². The van der Waals surface area contributed by atoms with E-state index in [0.29, 0.717) is 13.0 Å². The smallest absolute Gasteiger partial charge is 0.232 e. The zero-order valence-corrected chi connectivity index (χ0v) is 14.0. The molecule has 1 aromatic rings. The molecule has 0 saturated carbocycles. The van der Waals surface area contributed by atoms with Crippen LogP contribution in [0, 0.1) is 0 Å². The topological polar surface area (TPSA) is 60.9 Å². The highest BCUT2D eigenvalue weighted by atomic mass is 32.2. The number of β-amino-alcohol motifs (C(OH)–C–C–N with tert-alkyl or cyclic N) is 1. The van der Waals surface area contributed by atoms with E-state index < -0.39 is 16.1 Å². The number of benzene rings is 1. The summed E-state index contributed by atoms with van der Waals surface area (Å²) in [5, 5.41) is 10.4. The summed E-state index contributed by atoms with van der Waals surface area (Å²) >= 11 is 0. The van der Waals surface area contributed by atoms with Crippen LogP contribution in [0.2, 0.25) is 0 Å². The SMILES string of the molecule is CC1Cc2cc(C(O)CN3CCCC3)ccc2N1S(C)(=O)=O. The Hall–Kier alpha value is -1.11. The van der Waals surface area contributed by atoms with E-state index >= 15 is 0 Å². The van der Waals surface area contributed by atoms with Crippen LogP contribution in [0.5, 0.6) is 0 Å². The molecule has 2 unspecified atom stereocenters. The lowest BCUT2D eigenvalue weighted by Gasteiger charge is -2.22. The number of sulfonamides is 1. The van der Waals surface area contributed by atoms with E-state index in [9.17, 15) is 13.5 Å². The first kappa shape index (κ1) is 15.8. The highest BCUT2D eigenvalue weighted by Gasteiger charge is 2.32. The first-order chi connectivity index (χ1) is 10.4. The van der Waals surface area contributed by atoms with Gasteiger partial charge in [-0.3, -0.25) is 4.31 Å². The number of nitrogens with zero attached hydrogens (tertiary/aromatic N) is 2. The van der Waals surface area contributed by atoms with E-state index in [4.69, 9.17) is 0 Å². The number of hydrogen-bond donors (Lipinski definition) is 1. The Labute approximate surface area is 132 Å². The molecule has 0 bridgehead atoms. The number of rotatable bonds is 4. The molecule has 0 spiro atoms. The quantitative estimate of drug-likeness (QED) is 0.912. The van der Waals surface area contributed by atoms with Crippen LogP contribution in [-0.4, -0.2) is 50.4 Å². The number of aliphatic hydroxyl groups excluding tert-OH is 1. The van der Waals surface area contributed by atoms with Crippen molar-refractivity contribution >= 4 is 15.7 Å². The van der Waals surface area contributed by atoms with Crippen LogP contribution in [0.3, 0.4) is 0 Å². The van der Waals surface area contributed by atoms with Gasteiger partial charge in [-0.25, -0.2) is 8.42 Å². The Morgan fingerprint density at radius 2 is 2.00 bits per heavy atom. The summed E-state index contributed by atoms with van der Waals surface area (Å²) < 4.78 is 25.3. The minimum absolute atomic E-state index is 0.0593. The molecule has 2 atom stereocenters. The summed E-state index contributed by atoms with van der Waals surface area (Å²) in [7, 11) is -3.25. The van der Waals surface area contributed by atoms with E-state index in [-0.39, 0.29) is 6.04 Å². The lowest BCUT2D eigenvalue weighted by molar-refractivity contribution is 0.126. The van der Waals surface area contributed by atoms with Crippen molar-refractivity contribution in [2.75, 3.05) is 30.2 Å². The number of fused-ring (bicyclic) bond motifs is 1. The summed E-state index contributed by atoms with van der Waals surface area (Å²) in [6.45, 7) is 4.69. The van der Waals surface area contributed by atoms with Gasteiger partial charge in [-0.2, -0.15) is 0 Å². The van der Waals surface area contributed by atoms with Crippen LogP contribution in [0.25, 0.3) is 0 Å². The monoisotopic (exact) mass is 324 g/mol. The van der Waals surface area contributed by atoms with Crippen molar-refractivity contribution in [3.63, 3.8) is 0 Å². The second-order valence-corrected chi connectivity index (χ2v) is 8.38. The van der Waals surface area contributed by atoms with Gasteiger partial charge in [0.1, 0.15) is 0 Å². The van der Waals surface area contributed by atoms with Crippen molar-refractivity contribution in [3.8, 4) is 0 Å². The van der Waals surface area contributed by atoms with Crippen LogP contribution in [-0.2, 0) is 16.4 Å². The normalized spacial score (nSPS) is 23.8. The summed E-state index contributed by atoms with van der Waals surface area (Å²) in [5.74, 6) is 0. The van der Waals surface area contributed by atoms with Crippen LogP contribution < -0.4 is 4.31 Å². The fourth-order valence-corrected chi connectivity index (χ4v) is 4.91. The fraction of sp³-hybridized carbons (Fsp3) is 0.625. The van der Waals surface area contributed by atoms with E-state index in [0.717, 1.165) is 29.9 Å². The zero-order valence-electron chi connectivity index (χ0n) is 13.2. The molecule has 1 fully saturated rings. The Balaban J connectivity index is 1.81. The van der Waals surface area contributed by atoms with Crippen LogP contribution >= 0.6 is 0 Å². The molecule has 22 heavy (non-hydrogen) atoms. The predicted octanol–water partition coefficient (Wildman–Crippen LogP) is 1.53. The Morgan fingerprint density at radius 1 is 1.32 bits per heavy atom. The van der Waals surface area contributed by atoms with Gasteiger partial charge in [0, 0.05) is 12.6 Å². The van der Waals surface area contributed by atoms with Gasteiger partial charge in [0.05, 0.1) is 18.0 Å². The maximum atomic E-state index is 11.9. The molecule has 2 heterocycles. The lowest BCUT2D eigenvalue weighted by Crippen LogP contribution is -2.34. The molecule has 1 N–H and O–H groups in total. The summed E-state index contributed by atoms with van der Waals surface area (Å²) in [4.78, 5) is 2.28. The van der Waals surface area contributed by atoms with E-state index in [1.54, 1.807) is 0 Å². The highest BCUT2D eigenvalue weighted by Crippen LogP contribution is 2.35. The average Bonchev–Trinajstić information content (AvgIpc) is 3.02. The second kappa shape index (κ2) is 5.83. The van der Waals surface area contributed by atoms with Crippen molar-refractivity contribution in [2.24, 2.45) is 0 Å². The molecule has 122 valence electrons. The molecule has 1 aromatic carbocycles. The van der Waals surface area contributed by atoms with Gasteiger partial charge in [0.25, 0.3) is 0 Å². The van der Waals surface area contributed by atoms with Crippen molar-refractivity contribution < 1.29 is 13.5 Å². The van der Waals surface area contributed by atoms with Gasteiger partial charge < -0.3 is 10.0 Å². The third kappa shape index (κ3) is 3.00. The molecular formula is C16H24N2O3S. The molecule has 5 nitrogen and oxygen atoms in total. The largest absolute Gasteiger partial charge is 0.387 e. The summed E-state index contributed by atoms with van der Waals surface area (Å²) in [6.07, 6.45) is 3.85. The first-order valence-electron chi connectivity index (χ1n) is 7.89. The minimum atomic E-state index is -3.25. The van der Waals surface area contributed by atoms with Gasteiger partial charge in [0.15, 0.2) is 0 Å². The molecule has 0 radical (unpaired) electrons. The molecule has 2 aliphatic heterocycles. The molecule has 0 aliphatic carbocycles. The van der Waals surface area contributed by atoms with Crippen LogP contribution in [0.1, 0.15) is 37.0 Å². The van der Waals surface area contributed by atoms with Gasteiger partial charge in [-0.1, -0.05) is 12.1 Å². The van der Waals surface area contributed by atoms with Crippen molar-refractivity contribution in [1.82, 2.24) is 4.90 Å². The molecule has 3 rings (SSSR count). The lowest BCUT2D eigenvalue weighted by atomic mass is 10.0. The maximum absolute atomic E-state index is 11.9. The number of likely N-dealkylation sites (tertiary alicyclic amines) is 1. The van der Waals surface area contributed by atoms with E-state index in [1.807, 2.05) is 25.1 Å². The molecule has 0 amide bonds. The molecule has 2 aliphatic rings. The molecule has 1 saturated heterocycles. The molecule has 6 heteroatoms. The standard InChI is InChI=1S/C16H24N2O3S/c1-12-9-14-10-13(16(19)11-17-7-3-4-8-17)5-6-15(14)18(12)22(2,20)21/h5-6,10,12,16,19H,3-4,7-9,11H2,1-2H3. The highest BCUT2D eigenvalue weighted by molar-refractivity contribution is 7.92. The third-order valence-corrected chi connectivity index (χ3v) is 5.90. The summed E-state index contributed by atoms with van der Waals surface area (Å²) in [5.41, 5.74) is 2.65. The van der Waals surface area contributed by atoms with E-state index in [1.165, 1.54) is 23.4 Å².